The number of carboxylic acids is 1. The molecule has 3 N–H and O–H groups in total. The van der Waals surface area contributed by atoms with Crippen LogP contribution in [-0.2, 0) is 14.3 Å². The minimum Gasteiger partial charge on any atom is -0.480 e. The number of nitrogens with one attached hydrogen (secondary N) is 1. The molecular weight excluding hydrogens is 436 g/mol. The lowest BCUT2D eigenvalue weighted by Gasteiger charge is -2.34. The van der Waals surface area contributed by atoms with Crippen molar-refractivity contribution in [3.63, 3.8) is 0 Å². The predicted octanol–water partition coefficient (Wildman–Crippen LogP) is 2.99. The maximum atomic E-state index is 13.3. The van der Waals surface area contributed by atoms with Gasteiger partial charge in [0.25, 0.3) is 0 Å². The van der Waals surface area contributed by atoms with Crippen LogP contribution in [0.5, 0.6) is 0 Å². The van der Waals surface area contributed by atoms with Crippen LogP contribution in [0, 0.1) is 5.41 Å². The van der Waals surface area contributed by atoms with Crippen LogP contribution >= 0.6 is 0 Å². The minimum absolute atomic E-state index is 0.0388. The Labute approximate surface area is 198 Å². The number of carbonyl (C=O) groups excluding carboxylic acids is 2. The lowest BCUT2D eigenvalue weighted by Crippen LogP contribution is -2.57. The third kappa shape index (κ3) is 4.50. The molecule has 1 aliphatic heterocycles. The first kappa shape index (κ1) is 23.8. The number of hydrogen-bond acceptors (Lipinski definition) is 5. The van der Waals surface area contributed by atoms with Crippen molar-refractivity contribution >= 4 is 18.0 Å². The molecule has 2 aromatic rings. The number of carbonyl (C=O) groups is 3. The van der Waals surface area contributed by atoms with Crippen LogP contribution in [0.15, 0.2) is 48.5 Å². The number of aliphatic hydroxyl groups excluding tert-OH is 1. The van der Waals surface area contributed by atoms with Gasteiger partial charge in [0.05, 0.1) is 6.10 Å². The average molecular weight is 467 g/mol. The van der Waals surface area contributed by atoms with Crippen molar-refractivity contribution < 1.29 is 29.3 Å². The van der Waals surface area contributed by atoms with E-state index in [1.165, 1.54) is 0 Å². The maximum absolute atomic E-state index is 13.3. The Morgan fingerprint density at radius 3 is 2.15 bits per heavy atom. The van der Waals surface area contributed by atoms with Gasteiger partial charge in [-0.05, 0) is 27.7 Å². The van der Waals surface area contributed by atoms with Crippen molar-refractivity contribution in [3.05, 3.63) is 59.7 Å². The summed E-state index contributed by atoms with van der Waals surface area (Å²) in [5.74, 6) is -1.85. The smallest absolute Gasteiger partial charge is 0.407 e. The Morgan fingerprint density at radius 2 is 1.62 bits per heavy atom. The lowest BCUT2D eigenvalue weighted by molar-refractivity contribution is -0.150. The lowest BCUT2D eigenvalue weighted by atomic mass is 9.85. The first-order valence-corrected chi connectivity index (χ1v) is 11.4. The molecule has 1 aliphatic carbocycles. The molecule has 1 fully saturated rings. The number of nitrogens with zero attached hydrogens (tertiary/aromatic N) is 1. The molecule has 8 nitrogen and oxygen atoms in total. The number of fused-ring (bicyclic) bond motifs is 3. The Kier molecular flexibility index (Phi) is 6.36. The van der Waals surface area contributed by atoms with E-state index in [1.54, 1.807) is 20.8 Å². The molecule has 4 rings (SSSR count). The summed E-state index contributed by atoms with van der Waals surface area (Å²) in [5, 5.41) is 22.0. The van der Waals surface area contributed by atoms with E-state index in [2.05, 4.69) is 5.32 Å². The Morgan fingerprint density at radius 1 is 1.06 bits per heavy atom. The molecule has 0 radical (unpaired) electrons. The summed E-state index contributed by atoms with van der Waals surface area (Å²) in [4.78, 5) is 38.8. The van der Waals surface area contributed by atoms with E-state index in [4.69, 9.17) is 4.74 Å². The van der Waals surface area contributed by atoms with E-state index in [1.807, 2.05) is 48.5 Å². The first-order valence-electron chi connectivity index (χ1n) is 11.4. The highest BCUT2D eigenvalue weighted by molar-refractivity contribution is 5.90. The van der Waals surface area contributed by atoms with E-state index in [0.29, 0.717) is 0 Å². The summed E-state index contributed by atoms with van der Waals surface area (Å²) in [6.45, 7) is 5.35. The molecule has 0 spiro atoms. The standard InChI is InChI=1S/C26H30N2O6/c1-26(2,3)22(23(30)28-13-15(29)12-21(28)24(31)32)27-25(33)34-14-20-18-10-6-4-8-16(18)17-9-5-7-11-19(17)20/h4-11,15,20-22,29H,12-14H2,1-3H3,(H,27,33)(H,31,32)/t15?,21-,22+/m0/s1. The van der Waals surface area contributed by atoms with Crippen LogP contribution in [0.25, 0.3) is 11.1 Å². The van der Waals surface area contributed by atoms with E-state index in [0.717, 1.165) is 27.2 Å². The monoisotopic (exact) mass is 466 g/mol. The molecule has 0 aromatic heterocycles. The zero-order valence-corrected chi connectivity index (χ0v) is 19.5. The van der Waals surface area contributed by atoms with Crippen molar-refractivity contribution in [1.29, 1.82) is 0 Å². The van der Waals surface area contributed by atoms with Crippen LogP contribution in [-0.4, -0.2) is 64.4 Å². The Hall–Kier alpha value is -3.39. The van der Waals surface area contributed by atoms with Crippen molar-refractivity contribution in [1.82, 2.24) is 10.2 Å². The van der Waals surface area contributed by atoms with Crippen LogP contribution in [0.4, 0.5) is 4.79 Å². The number of rotatable bonds is 5. The first-order chi connectivity index (χ1) is 16.1. The summed E-state index contributed by atoms with van der Waals surface area (Å²) in [6, 6.07) is 13.9. The predicted molar refractivity (Wildman–Crippen MR) is 125 cm³/mol. The van der Waals surface area contributed by atoms with Gasteiger partial charge in [-0.3, -0.25) is 4.79 Å². The zero-order chi connectivity index (χ0) is 24.6. The number of amides is 2. The van der Waals surface area contributed by atoms with Crippen LogP contribution in [0.2, 0.25) is 0 Å². The van der Waals surface area contributed by atoms with Gasteiger partial charge in [-0.2, -0.15) is 0 Å². The molecule has 1 saturated heterocycles. The van der Waals surface area contributed by atoms with Gasteiger partial charge in [-0.15, -0.1) is 0 Å². The molecule has 34 heavy (non-hydrogen) atoms. The summed E-state index contributed by atoms with van der Waals surface area (Å²) in [5.41, 5.74) is 3.68. The third-order valence-electron chi connectivity index (χ3n) is 6.57. The average Bonchev–Trinajstić information content (AvgIpc) is 3.33. The largest absolute Gasteiger partial charge is 0.480 e. The molecule has 2 amide bonds. The number of carboxylic acid groups (broad SMARTS) is 1. The fraction of sp³-hybridized carbons (Fsp3) is 0.423. The SMILES string of the molecule is CC(C)(C)[C@H](NC(=O)OCC1c2ccccc2-c2ccccc21)C(=O)N1CC(O)C[C@H]1C(=O)O. The maximum Gasteiger partial charge on any atom is 0.407 e. The highest BCUT2D eigenvalue weighted by atomic mass is 16.5. The number of alkyl carbamates (subject to hydrolysis) is 1. The fourth-order valence-corrected chi connectivity index (χ4v) is 4.86. The second-order valence-corrected chi connectivity index (χ2v) is 10.0. The second-order valence-electron chi connectivity index (χ2n) is 10.0. The summed E-state index contributed by atoms with van der Waals surface area (Å²) < 4.78 is 5.59. The number of aliphatic hydroxyl groups is 1. The molecule has 2 aliphatic rings. The van der Waals surface area contributed by atoms with E-state index < -0.39 is 41.6 Å². The summed E-state index contributed by atoms with van der Waals surface area (Å²) in [7, 11) is 0. The number of β-amino-alcohol motifs (C(OH)–C–C–N with tert-alkyl or cyclic N) is 1. The van der Waals surface area contributed by atoms with Gasteiger partial charge in [0, 0.05) is 18.9 Å². The molecule has 3 atom stereocenters. The van der Waals surface area contributed by atoms with Crippen LogP contribution in [0.1, 0.15) is 44.2 Å². The van der Waals surface area contributed by atoms with Gasteiger partial charge < -0.3 is 25.2 Å². The molecule has 2 aromatic carbocycles. The molecule has 1 heterocycles. The second kappa shape index (κ2) is 9.10. The van der Waals surface area contributed by atoms with Gasteiger partial charge in [-0.25, -0.2) is 9.59 Å². The number of benzene rings is 2. The normalized spacial score (nSPS) is 20.4. The van der Waals surface area contributed by atoms with Gasteiger partial charge in [0.2, 0.25) is 5.91 Å². The molecular formula is C26H30N2O6. The summed E-state index contributed by atoms with van der Waals surface area (Å²) >= 11 is 0. The van der Waals surface area contributed by atoms with Crippen LogP contribution in [0.3, 0.4) is 0 Å². The van der Waals surface area contributed by atoms with E-state index in [9.17, 15) is 24.6 Å². The van der Waals surface area contributed by atoms with Crippen LogP contribution < -0.4 is 5.32 Å². The molecule has 0 saturated carbocycles. The number of likely N-dealkylation sites (tertiary alicyclic amines) is 1. The number of hydrogen-bond donors (Lipinski definition) is 3. The Bertz CT molecular complexity index is 1060. The van der Waals surface area contributed by atoms with Gasteiger partial charge in [-0.1, -0.05) is 69.3 Å². The van der Waals surface area contributed by atoms with E-state index in [-0.39, 0.29) is 25.5 Å². The van der Waals surface area contributed by atoms with Crippen molar-refractivity contribution in [2.75, 3.05) is 13.2 Å². The summed E-state index contributed by atoms with van der Waals surface area (Å²) in [6.07, 6.45) is -1.70. The third-order valence-corrected chi connectivity index (χ3v) is 6.57. The van der Waals surface area contributed by atoms with Gasteiger partial charge in [0.15, 0.2) is 0 Å². The molecule has 0 bridgehead atoms. The molecule has 1 unspecified atom stereocenters. The van der Waals surface area contributed by atoms with Crippen molar-refractivity contribution in [3.8, 4) is 11.1 Å². The number of ether oxygens (including phenoxy) is 1. The number of aliphatic carboxylic acids is 1. The highest BCUT2D eigenvalue weighted by Gasteiger charge is 2.44. The fourth-order valence-electron chi connectivity index (χ4n) is 4.86. The van der Waals surface area contributed by atoms with Gasteiger partial charge in [0.1, 0.15) is 18.7 Å². The minimum atomic E-state index is -1.18. The van der Waals surface area contributed by atoms with Crippen molar-refractivity contribution in [2.45, 2.75) is 51.3 Å². The topological polar surface area (TPSA) is 116 Å². The zero-order valence-electron chi connectivity index (χ0n) is 19.5. The van der Waals surface area contributed by atoms with Gasteiger partial charge >= 0.3 is 12.1 Å². The van der Waals surface area contributed by atoms with E-state index >= 15 is 0 Å². The molecule has 180 valence electrons. The Balaban J connectivity index is 1.48. The van der Waals surface area contributed by atoms with Crippen molar-refractivity contribution in [2.24, 2.45) is 5.41 Å². The quantitative estimate of drug-likeness (QED) is 0.624. The molecule has 8 heteroatoms. The highest BCUT2D eigenvalue weighted by Crippen LogP contribution is 2.44.